The molecule has 25 heavy (non-hydrogen) atoms. The zero-order valence-corrected chi connectivity index (χ0v) is 14.2. The first-order chi connectivity index (χ1) is 12.0. The third-order valence-corrected chi connectivity index (χ3v) is 5.48. The Morgan fingerprint density at radius 2 is 1.96 bits per heavy atom. The molecule has 2 heterocycles. The molecule has 0 spiro atoms. The number of hydrogen-bond acceptors (Lipinski definition) is 5. The number of aliphatic carboxylic acids is 1. The first-order valence-corrected chi connectivity index (χ1v) is 9.37. The van der Waals surface area contributed by atoms with Crippen LogP contribution in [0.2, 0.25) is 0 Å². The maximum Gasteiger partial charge on any atom is 0.326 e. The molecular formula is C16H19N3O5S. The number of benzene rings is 1. The maximum absolute atomic E-state index is 12.6. The van der Waals surface area contributed by atoms with Crippen molar-refractivity contribution in [2.75, 3.05) is 13.2 Å². The third kappa shape index (κ3) is 4.06. The molecule has 1 saturated heterocycles. The van der Waals surface area contributed by atoms with Crippen LogP contribution in [-0.2, 0) is 19.6 Å². The van der Waals surface area contributed by atoms with Gasteiger partial charge in [-0.05, 0) is 18.4 Å². The van der Waals surface area contributed by atoms with Gasteiger partial charge >= 0.3 is 5.97 Å². The number of ether oxygens (including phenoxy) is 1. The van der Waals surface area contributed by atoms with Crippen LogP contribution in [0.5, 0.6) is 0 Å². The number of carboxylic acids is 1. The van der Waals surface area contributed by atoms with Gasteiger partial charge in [0, 0.05) is 19.4 Å². The SMILES string of the molecule is O=C(O)[C@@H](NS(=O)(=O)c1cnn(C2CCOCC2)c1)c1ccccc1. The van der Waals surface area contributed by atoms with Crippen LogP contribution in [0.4, 0.5) is 0 Å². The molecule has 1 fully saturated rings. The highest BCUT2D eigenvalue weighted by Crippen LogP contribution is 2.22. The lowest BCUT2D eigenvalue weighted by Crippen LogP contribution is -2.33. The van der Waals surface area contributed by atoms with Crippen LogP contribution in [0.25, 0.3) is 0 Å². The van der Waals surface area contributed by atoms with Gasteiger partial charge in [0.15, 0.2) is 0 Å². The van der Waals surface area contributed by atoms with Crippen molar-refractivity contribution < 1.29 is 23.1 Å². The predicted octanol–water partition coefficient (Wildman–Crippen LogP) is 1.34. The molecule has 0 bridgehead atoms. The summed E-state index contributed by atoms with van der Waals surface area (Å²) < 4.78 is 34.3. The van der Waals surface area contributed by atoms with E-state index in [-0.39, 0.29) is 10.9 Å². The Kier molecular flexibility index (Phi) is 5.16. The number of aromatic nitrogens is 2. The smallest absolute Gasteiger partial charge is 0.326 e. The van der Waals surface area contributed by atoms with E-state index in [0.717, 1.165) is 12.8 Å². The lowest BCUT2D eigenvalue weighted by Gasteiger charge is -2.22. The van der Waals surface area contributed by atoms with Crippen LogP contribution in [0, 0.1) is 0 Å². The third-order valence-electron chi connectivity index (χ3n) is 4.11. The standard InChI is InChI=1S/C16H19N3O5S/c20-16(21)15(12-4-2-1-3-5-12)18-25(22,23)14-10-17-19(11-14)13-6-8-24-9-7-13/h1-5,10-11,13,15,18H,6-9H2,(H,20,21)/t15-/m0/s1. The van der Waals surface area contributed by atoms with E-state index in [9.17, 15) is 18.3 Å². The van der Waals surface area contributed by atoms with Crippen LogP contribution in [-0.4, -0.2) is 42.5 Å². The zero-order valence-electron chi connectivity index (χ0n) is 13.4. The number of carbonyl (C=O) groups is 1. The van der Waals surface area contributed by atoms with Gasteiger partial charge in [-0.3, -0.25) is 9.48 Å². The van der Waals surface area contributed by atoms with Crippen molar-refractivity contribution in [3.8, 4) is 0 Å². The van der Waals surface area contributed by atoms with E-state index in [1.807, 2.05) is 0 Å². The minimum Gasteiger partial charge on any atom is -0.480 e. The normalized spacial score (nSPS) is 17.3. The minimum absolute atomic E-state index is 0.0545. The minimum atomic E-state index is -4.02. The number of rotatable bonds is 6. The van der Waals surface area contributed by atoms with Crippen molar-refractivity contribution >= 4 is 16.0 Å². The highest BCUT2D eigenvalue weighted by molar-refractivity contribution is 7.89. The molecule has 134 valence electrons. The highest BCUT2D eigenvalue weighted by atomic mass is 32.2. The van der Waals surface area contributed by atoms with Gasteiger partial charge in [0.25, 0.3) is 0 Å². The average Bonchev–Trinajstić information content (AvgIpc) is 3.12. The van der Waals surface area contributed by atoms with Crippen LogP contribution in [0.15, 0.2) is 47.6 Å². The van der Waals surface area contributed by atoms with Crippen molar-refractivity contribution in [1.82, 2.24) is 14.5 Å². The van der Waals surface area contributed by atoms with Gasteiger partial charge in [-0.2, -0.15) is 9.82 Å². The summed E-state index contributed by atoms with van der Waals surface area (Å²) in [5.41, 5.74) is 0.357. The Balaban J connectivity index is 1.81. The molecule has 0 amide bonds. The van der Waals surface area contributed by atoms with Gasteiger partial charge in [0.2, 0.25) is 10.0 Å². The van der Waals surface area contributed by atoms with E-state index in [4.69, 9.17) is 4.74 Å². The van der Waals surface area contributed by atoms with Crippen molar-refractivity contribution in [1.29, 1.82) is 0 Å². The number of hydrogen-bond donors (Lipinski definition) is 2. The lowest BCUT2D eigenvalue weighted by atomic mass is 10.1. The molecule has 0 aliphatic carbocycles. The molecule has 1 aliphatic heterocycles. The molecule has 2 aromatic rings. The second-order valence-corrected chi connectivity index (χ2v) is 7.52. The number of nitrogens with one attached hydrogen (secondary N) is 1. The summed E-state index contributed by atoms with van der Waals surface area (Å²) in [6.07, 6.45) is 4.19. The summed E-state index contributed by atoms with van der Waals surface area (Å²) in [6.45, 7) is 1.22. The molecule has 1 aliphatic rings. The molecule has 8 nitrogen and oxygen atoms in total. The largest absolute Gasteiger partial charge is 0.480 e. The molecule has 0 unspecified atom stereocenters. The number of sulfonamides is 1. The van der Waals surface area contributed by atoms with Crippen molar-refractivity contribution in [2.45, 2.75) is 29.8 Å². The zero-order chi connectivity index (χ0) is 17.9. The summed E-state index contributed by atoms with van der Waals surface area (Å²) in [5, 5.41) is 13.5. The van der Waals surface area contributed by atoms with Crippen molar-refractivity contribution in [3.05, 3.63) is 48.3 Å². The molecule has 0 radical (unpaired) electrons. The summed E-state index contributed by atoms with van der Waals surface area (Å²) in [4.78, 5) is 11.4. The van der Waals surface area contributed by atoms with E-state index in [1.165, 1.54) is 12.4 Å². The summed E-state index contributed by atoms with van der Waals surface area (Å²) >= 11 is 0. The molecular weight excluding hydrogens is 346 g/mol. The molecule has 1 aromatic heterocycles. The van der Waals surface area contributed by atoms with E-state index < -0.39 is 22.0 Å². The molecule has 3 rings (SSSR count). The van der Waals surface area contributed by atoms with Crippen molar-refractivity contribution in [3.63, 3.8) is 0 Å². The second kappa shape index (κ2) is 7.34. The van der Waals surface area contributed by atoms with Gasteiger partial charge in [-0.1, -0.05) is 30.3 Å². The van der Waals surface area contributed by atoms with Gasteiger partial charge in [-0.15, -0.1) is 0 Å². The van der Waals surface area contributed by atoms with Gasteiger partial charge in [-0.25, -0.2) is 8.42 Å². The van der Waals surface area contributed by atoms with Gasteiger partial charge < -0.3 is 9.84 Å². The lowest BCUT2D eigenvalue weighted by molar-refractivity contribution is -0.139. The molecule has 9 heteroatoms. The quantitative estimate of drug-likeness (QED) is 0.799. The fourth-order valence-electron chi connectivity index (χ4n) is 2.74. The second-order valence-electron chi connectivity index (χ2n) is 5.80. The Morgan fingerprint density at radius 3 is 2.60 bits per heavy atom. The fraction of sp³-hybridized carbons (Fsp3) is 0.375. The van der Waals surface area contributed by atoms with Gasteiger partial charge in [0.05, 0.1) is 12.2 Å². The van der Waals surface area contributed by atoms with E-state index in [1.54, 1.807) is 35.0 Å². The van der Waals surface area contributed by atoms with E-state index >= 15 is 0 Å². The van der Waals surface area contributed by atoms with Crippen LogP contribution < -0.4 is 4.72 Å². The number of nitrogens with zero attached hydrogens (tertiary/aromatic N) is 2. The van der Waals surface area contributed by atoms with E-state index in [0.29, 0.717) is 18.8 Å². The Labute approximate surface area is 145 Å². The topological polar surface area (TPSA) is 111 Å². The molecule has 1 atom stereocenters. The first-order valence-electron chi connectivity index (χ1n) is 7.89. The maximum atomic E-state index is 12.6. The fourth-order valence-corrected chi connectivity index (χ4v) is 3.85. The summed E-state index contributed by atoms with van der Waals surface area (Å²) in [7, 11) is -4.02. The van der Waals surface area contributed by atoms with Gasteiger partial charge in [0.1, 0.15) is 10.9 Å². The van der Waals surface area contributed by atoms with Crippen LogP contribution in [0.3, 0.4) is 0 Å². The highest BCUT2D eigenvalue weighted by Gasteiger charge is 2.28. The van der Waals surface area contributed by atoms with Crippen LogP contribution >= 0.6 is 0 Å². The Bertz CT molecular complexity index is 828. The molecule has 2 N–H and O–H groups in total. The monoisotopic (exact) mass is 365 g/mol. The molecule has 0 saturated carbocycles. The van der Waals surface area contributed by atoms with Crippen LogP contribution in [0.1, 0.15) is 30.5 Å². The average molecular weight is 365 g/mol. The Hall–Kier alpha value is -2.23. The van der Waals surface area contributed by atoms with Crippen molar-refractivity contribution in [2.24, 2.45) is 0 Å². The van der Waals surface area contributed by atoms with E-state index in [2.05, 4.69) is 9.82 Å². The summed E-state index contributed by atoms with van der Waals surface area (Å²) in [5.74, 6) is -1.27. The summed E-state index contributed by atoms with van der Waals surface area (Å²) in [6, 6.07) is 6.89. The predicted molar refractivity (Wildman–Crippen MR) is 88.5 cm³/mol. The Morgan fingerprint density at radius 1 is 1.28 bits per heavy atom. The molecule has 1 aromatic carbocycles. The number of carboxylic acid groups (broad SMARTS) is 1. The first kappa shape index (κ1) is 17.6.